The van der Waals surface area contributed by atoms with Gasteiger partial charge >= 0.3 is 0 Å². The van der Waals surface area contributed by atoms with Crippen LogP contribution in [0.4, 0.5) is 0 Å². The predicted octanol–water partition coefficient (Wildman–Crippen LogP) is -0.0928. The summed E-state index contributed by atoms with van der Waals surface area (Å²) in [6.45, 7) is 1.22. The van der Waals surface area contributed by atoms with Gasteiger partial charge in [0.2, 0.25) is 15.9 Å². The zero-order chi connectivity index (χ0) is 19.5. The Bertz CT molecular complexity index is 892. The van der Waals surface area contributed by atoms with Crippen LogP contribution in [0.1, 0.15) is 5.56 Å². The Morgan fingerprint density at radius 3 is 2.78 bits per heavy atom. The van der Waals surface area contributed by atoms with Crippen molar-refractivity contribution in [2.75, 3.05) is 33.0 Å². The molecule has 0 radical (unpaired) electrons. The molecular formula is C17H23N5O4S. The summed E-state index contributed by atoms with van der Waals surface area (Å²) in [6.07, 6.45) is 4.60. The van der Waals surface area contributed by atoms with Crippen LogP contribution in [0.2, 0.25) is 0 Å². The van der Waals surface area contributed by atoms with Gasteiger partial charge in [-0.1, -0.05) is 12.1 Å². The lowest BCUT2D eigenvalue weighted by molar-refractivity contribution is -0.137. The third-order valence-electron chi connectivity index (χ3n) is 4.68. The summed E-state index contributed by atoms with van der Waals surface area (Å²) in [7, 11) is -1.74. The van der Waals surface area contributed by atoms with Gasteiger partial charge in [0.15, 0.2) is 0 Å². The molecule has 3 rings (SSSR count). The molecule has 1 amide bonds. The van der Waals surface area contributed by atoms with Crippen LogP contribution in [-0.2, 0) is 27.8 Å². The SMILES string of the molecule is COc1cccc(CC2(C(=O)NCCn3cncn3)CN(S(C)(=O)=O)C2)c1. The third-order valence-corrected chi connectivity index (χ3v) is 5.87. The molecule has 0 aliphatic carbocycles. The van der Waals surface area contributed by atoms with E-state index >= 15 is 0 Å². The molecule has 146 valence electrons. The highest BCUT2D eigenvalue weighted by molar-refractivity contribution is 7.88. The number of nitrogens with one attached hydrogen (secondary N) is 1. The first-order valence-corrected chi connectivity index (χ1v) is 10.4. The number of sulfonamides is 1. The monoisotopic (exact) mass is 393 g/mol. The highest BCUT2D eigenvalue weighted by Crippen LogP contribution is 2.36. The Labute approximate surface area is 158 Å². The van der Waals surface area contributed by atoms with Crippen molar-refractivity contribution in [2.45, 2.75) is 13.0 Å². The lowest BCUT2D eigenvalue weighted by Crippen LogP contribution is -2.65. The van der Waals surface area contributed by atoms with Crippen molar-refractivity contribution in [1.29, 1.82) is 0 Å². The lowest BCUT2D eigenvalue weighted by Gasteiger charge is -2.47. The van der Waals surface area contributed by atoms with Gasteiger partial charge in [-0.05, 0) is 24.1 Å². The van der Waals surface area contributed by atoms with Gasteiger partial charge in [-0.25, -0.2) is 13.4 Å². The molecule has 1 saturated heterocycles. The summed E-state index contributed by atoms with van der Waals surface area (Å²) < 4.78 is 31.8. The molecule has 0 unspecified atom stereocenters. The number of benzene rings is 1. The van der Waals surface area contributed by atoms with Crippen LogP contribution in [-0.4, -0.2) is 66.4 Å². The largest absolute Gasteiger partial charge is 0.497 e. The Kier molecular flexibility index (Phi) is 5.47. The minimum Gasteiger partial charge on any atom is -0.497 e. The molecule has 27 heavy (non-hydrogen) atoms. The normalized spacial score (nSPS) is 16.5. The fraction of sp³-hybridized carbons (Fsp3) is 0.471. The van der Waals surface area contributed by atoms with Crippen molar-refractivity contribution in [3.05, 3.63) is 42.5 Å². The minimum absolute atomic E-state index is 0.162. The van der Waals surface area contributed by atoms with E-state index < -0.39 is 15.4 Å². The molecule has 9 nitrogen and oxygen atoms in total. The Morgan fingerprint density at radius 2 is 2.15 bits per heavy atom. The summed E-state index contributed by atoms with van der Waals surface area (Å²) >= 11 is 0. The molecule has 0 bridgehead atoms. The van der Waals surface area contributed by atoms with E-state index in [4.69, 9.17) is 4.74 Å². The van der Waals surface area contributed by atoms with E-state index in [-0.39, 0.29) is 19.0 Å². The van der Waals surface area contributed by atoms with Gasteiger partial charge in [0.1, 0.15) is 18.4 Å². The molecule has 1 fully saturated rings. The van der Waals surface area contributed by atoms with Crippen LogP contribution in [0.5, 0.6) is 5.75 Å². The first kappa shape index (κ1) is 19.3. The highest BCUT2D eigenvalue weighted by Gasteiger charge is 2.52. The van der Waals surface area contributed by atoms with E-state index in [1.807, 2.05) is 24.3 Å². The molecule has 2 aromatic rings. The van der Waals surface area contributed by atoms with Gasteiger partial charge < -0.3 is 10.1 Å². The second-order valence-electron chi connectivity index (χ2n) is 6.75. The van der Waals surface area contributed by atoms with Crippen LogP contribution >= 0.6 is 0 Å². The molecule has 1 aliphatic rings. The van der Waals surface area contributed by atoms with Crippen molar-refractivity contribution in [1.82, 2.24) is 24.4 Å². The summed E-state index contributed by atoms with van der Waals surface area (Å²) in [5.74, 6) is 0.541. The predicted molar refractivity (Wildman–Crippen MR) is 98.6 cm³/mol. The average molecular weight is 393 g/mol. The Morgan fingerprint density at radius 1 is 1.37 bits per heavy atom. The number of hydrogen-bond donors (Lipinski definition) is 1. The van der Waals surface area contributed by atoms with E-state index in [9.17, 15) is 13.2 Å². The van der Waals surface area contributed by atoms with Gasteiger partial charge in [-0.2, -0.15) is 9.40 Å². The minimum atomic E-state index is -3.33. The van der Waals surface area contributed by atoms with Gasteiger partial charge in [0.05, 0.1) is 25.3 Å². The molecule has 1 aromatic carbocycles. The smallest absolute Gasteiger partial charge is 0.229 e. The van der Waals surface area contributed by atoms with Crippen molar-refractivity contribution < 1.29 is 17.9 Å². The zero-order valence-corrected chi connectivity index (χ0v) is 16.1. The molecule has 0 spiro atoms. The fourth-order valence-corrected chi connectivity index (χ4v) is 4.16. The number of rotatable bonds is 8. The van der Waals surface area contributed by atoms with Gasteiger partial charge in [0, 0.05) is 19.6 Å². The second-order valence-corrected chi connectivity index (χ2v) is 8.74. The molecule has 10 heteroatoms. The van der Waals surface area contributed by atoms with Gasteiger partial charge in [-0.15, -0.1) is 0 Å². The van der Waals surface area contributed by atoms with Crippen LogP contribution < -0.4 is 10.1 Å². The second kappa shape index (κ2) is 7.65. The number of aromatic nitrogens is 3. The topological polar surface area (TPSA) is 106 Å². The quantitative estimate of drug-likeness (QED) is 0.672. The zero-order valence-electron chi connectivity index (χ0n) is 15.3. The first-order chi connectivity index (χ1) is 12.8. The average Bonchev–Trinajstić information content (AvgIpc) is 3.10. The third kappa shape index (κ3) is 4.45. The maximum absolute atomic E-state index is 12.9. The van der Waals surface area contributed by atoms with Crippen molar-refractivity contribution in [3.8, 4) is 5.75 Å². The molecule has 0 saturated carbocycles. The first-order valence-electron chi connectivity index (χ1n) is 8.51. The van der Waals surface area contributed by atoms with Crippen LogP contribution in [0, 0.1) is 5.41 Å². The number of carbonyl (C=O) groups is 1. The van der Waals surface area contributed by atoms with Crippen LogP contribution in [0.3, 0.4) is 0 Å². The highest BCUT2D eigenvalue weighted by atomic mass is 32.2. The fourth-order valence-electron chi connectivity index (χ4n) is 3.19. The number of carbonyl (C=O) groups excluding carboxylic acids is 1. The summed E-state index contributed by atoms with van der Waals surface area (Å²) in [4.78, 5) is 16.8. The van der Waals surface area contributed by atoms with Crippen molar-refractivity contribution in [2.24, 2.45) is 5.41 Å². The number of nitrogens with zero attached hydrogens (tertiary/aromatic N) is 4. The Hall–Kier alpha value is -2.46. The van der Waals surface area contributed by atoms with Crippen molar-refractivity contribution in [3.63, 3.8) is 0 Å². The maximum atomic E-state index is 12.9. The van der Waals surface area contributed by atoms with Crippen LogP contribution in [0.25, 0.3) is 0 Å². The van der Waals surface area contributed by atoms with E-state index in [0.717, 1.165) is 11.8 Å². The lowest BCUT2D eigenvalue weighted by atomic mass is 9.75. The summed E-state index contributed by atoms with van der Waals surface area (Å²) in [5, 5.41) is 6.90. The summed E-state index contributed by atoms with van der Waals surface area (Å²) in [5.41, 5.74) is 0.131. The molecule has 1 N–H and O–H groups in total. The van der Waals surface area contributed by atoms with Crippen molar-refractivity contribution >= 4 is 15.9 Å². The summed E-state index contributed by atoms with van der Waals surface area (Å²) in [6, 6.07) is 7.47. The number of ether oxygens (including phenoxy) is 1. The Balaban J connectivity index is 1.71. The standard InChI is InChI=1S/C17H23N5O4S/c1-26-15-5-3-4-14(8-15)9-17(10-22(11-17)27(2,24)25)16(23)19-6-7-21-13-18-12-20-21/h3-5,8,12-13H,6-7,9-11H2,1-2H3,(H,19,23). The van der Waals surface area contributed by atoms with E-state index in [1.54, 1.807) is 18.1 Å². The number of amides is 1. The molecule has 0 atom stereocenters. The molecule has 1 aliphatic heterocycles. The number of methoxy groups -OCH3 is 1. The van der Waals surface area contributed by atoms with Crippen LogP contribution in [0.15, 0.2) is 36.9 Å². The maximum Gasteiger partial charge on any atom is 0.229 e. The van der Waals surface area contributed by atoms with E-state index in [1.165, 1.54) is 10.6 Å². The molecule has 1 aromatic heterocycles. The van der Waals surface area contributed by atoms with Gasteiger partial charge in [0.25, 0.3) is 0 Å². The van der Waals surface area contributed by atoms with Gasteiger partial charge in [-0.3, -0.25) is 9.48 Å². The van der Waals surface area contributed by atoms with E-state index in [0.29, 0.717) is 25.3 Å². The molecular weight excluding hydrogens is 370 g/mol. The van der Waals surface area contributed by atoms with E-state index in [2.05, 4.69) is 15.4 Å². The molecule has 2 heterocycles. The number of hydrogen-bond acceptors (Lipinski definition) is 6.